The fourth-order valence-corrected chi connectivity index (χ4v) is 21.4. The molecule has 442 valence electrons. The van der Waals surface area contributed by atoms with Gasteiger partial charge in [-0.05, 0) is 200 Å². The van der Waals surface area contributed by atoms with Gasteiger partial charge in [0, 0.05) is 0 Å². The van der Waals surface area contributed by atoms with E-state index in [1.165, 1.54) is 0 Å². The second-order valence-corrected chi connectivity index (χ2v) is 32.4. The van der Waals surface area contributed by atoms with Crippen LogP contribution >= 0.6 is 0 Å². The van der Waals surface area contributed by atoms with Crippen LogP contribution in [0.3, 0.4) is 0 Å². The Balaban J connectivity index is 1.18. The van der Waals surface area contributed by atoms with E-state index in [4.69, 9.17) is 9.47 Å². The number of benzene rings is 8. The maximum atomic E-state index is 14.9. The van der Waals surface area contributed by atoms with Crippen molar-refractivity contribution >= 4 is 59.0 Å². The summed E-state index contributed by atoms with van der Waals surface area (Å²) < 4.78 is 187. The monoisotopic (exact) mass is 1250 g/mol. The molecule has 8 aromatic rings. The van der Waals surface area contributed by atoms with Crippen molar-refractivity contribution in [2.75, 3.05) is 13.2 Å². The number of hydrogen-bond acceptors (Lipinski definition) is 16. The van der Waals surface area contributed by atoms with Gasteiger partial charge in [0.2, 0.25) is 59.0 Å². The van der Waals surface area contributed by atoms with E-state index in [1.807, 2.05) is 0 Å². The van der Waals surface area contributed by atoms with Gasteiger partial charge in [0.25, 0.3) is 0 Å². The van der Waals surface area contributed by atoms with E-state index in [9.17, 15) is 60.7 Å². The lowest BCUT2D eigenvalue weighted by Gasteiger charge is -2.19. The first-order chi connectivity index (χ1) is 38.9. The fraction of sp³-hybridized carbons (Fsp3) is 0.226. The molecule has 16 nitrogen and oxygen atoms in total. The number of phenols is 2. The first kappa shape index (κ1) is 62.7. The first-order valence-electron chi connectivity index (χ1n) is 26.0. The third-order valence-electron chi connectivity index (χ3n) is 14.2. The molecular weight excluding hydrogens is 1190 g/mol. The van der Waals surface area contributed by atoms with Crippen molar-refractivity contribution < 1.29 is 70.2 Å². The van der Waals surface area contributed by atoms with Gasteiger partial charge in [0.15, 0.2) is 0 Å². The Morgan fingerprint density at radius 3 is 0.714 bits per heavy atom. The summed E-state index contributed by atoms with van der Waals surface area (Å²) in [6, 6.07) is 24.6. The Bertz CT molecular complexity index is 4400. The lowest BCUT2D eigenvalue weighted by Crippen LogP contribution is -2.16. The summed E-state index contributed by atoms with van der Waals surface area (Å²) in [4.78, 5) is -5.53. The highest BCUT2D eigenvalue weighted by molar-refractivity contribution is 7.94. The van der Waals surface area contributed by atoms with Crippen molar-refractivity contribution in [2.45, 2.75) is 142 Å². The van der Waals surface area contributed by atoms with Crippen LogP contribution < -0.4 is 9.47 Å². The third-order valence-corrected chi connectivity index (χ3v) is 26.0. The fourth-order valence-electron chi connectivity index (χ4n) is 11.1. The van der Waals surface area contributed by atoms with E-state index in [0.717, 1.165) is 95.1 Å². The van der Waals surface area contributed by atoms with Crippen LogP contribution in [0.4, 0.5) is 0 Å². The Kier molecular flexibility index (Phi) is 16.9. The van der Waals surface area contributed by atoms with Crippen LogP contribution in [0.1, 0.15) is 66.8 Å². The highest BCUT2D eigenvalue weighted by Crippen LogP contribution is 2.42. The number of sulfone groups is 6. The zero-order valence-electron chi connectivity index (χ0n) is 48.0. The smallest absolute Gasteiger partial charge is 0.210 e. The van der Waals surface area contributed by atoms with Gasteiger partial charge in [-0.2, -0.15) is 0 Å². The summed E-state index contributed by atoms with van der Waals surface area (Å²) in [6.07, 6.45) is 0. The summed E-state index contributed by atoms with van der Waals surface area (Å²) in [5, 5.41) is 21.8. The third kappa shape index (κ3) is 11.5. The molecule has 0 aromatic heterocycles. The average molecular weight is 1260 g/mol. The standard InChI is InChI=1S/C62H62O16S6/c1-35-23-39(5)59(40(6)24-35)81(69,70)55-31-47(13-17-51(55)63)79(65,66)49-15-19-53(57(33-49)83(73,74)61-43(9)27-37(3)28-44(61)10)77-21-22-78-54-20-16-50(34-58(54)84(75,76)62-45(11)29-38(4)30-46(62)12)80(67,68)48-14-18-52(64)56(32-48)82(71,72)60-41(7)25-36(2)26-42(60)8/h13-20,23-34,63-64H,21-22H2,1-12H3. The molecule has 8 aromatic carbocycles. The lowest BCUT2D eigenvalue weighted by molar-refractivity contribution is 0.210. The van der Waals surface area contributed by atoms with E-state index >= 15 is 0 Å². The van der Waals surface area contributed by atoms with E-state index < -0.39 is 123 Å². The van der Waals surface area contributed by atoms with Crippen LogP contribution in [-0.4, -0.2) is 73.9 Å². The molecule has 0 radical (unpaired) electrons. The van der Waals surface area contributed by atoms with Gasteiger partial charge < -0.3 is 19.7 Å². The van der Waals surface area contributed by atoms with Gasteiger partial charge in [-0.3, -0.25) is 0 Å². The maximum Gasteiger partial charge on any atom is 0.210 e. The molecule has 0 fully saturated rings. The second kappa shape index (κ2) is 22.6. The molecule has 0 aliphatic heterocycles. The van der Waals surface area contributed by atoms with Gasteiger partial charge in [0.1, 0.15) is 55.8 Å². The van der Waals surface area contributed by atoms with Gasteiger partial charge >= 0.3 is 0 Å². The van der Waals surface area contributed by atoms with Crippen LogP contribution in [0.15, 0.2) is 180 Å². The van der Waals surface area contributed by atoms with Crippen LogP contribution in [0.2, 0.25) is 0 Å². The predicted molar refractivity (Wildman–Crippen MR) is 315 cm³/mol. The molecule has 0 aliphatic carbocycles. The minimum atomic E-state index is -4.78. The van der Waals surface area contributed by atoms with Crippen molar-refractivity contribution in [2.24, 2.45) is 0 Å². The molecule has 0 bridgehead atoms. The zero-order valence-corrected chi connectivity index (χ0v) is 52.9. The van der Waals surface area contributed by atoms with Gasteiger partial charge in [-0.25, -0.2) is 50.5 Å². The molecular formula is C62H62O16S6. The van der Waals surface area contributed by atoms with Crippen LogP contribution in [0.25, 0.3) is 0 Å². The van der Waals surface area contributed by atoms with Gasteiger partial charge in [-0.15, -0.1) is 0 Å². The van der Waals surface area contributed by atoms with E-state index in [1.54, 1.807) is 132 Å². The number of aryl methyl sites for hydroxylation is 12. The highest BCUT2D eigenvalue weighted by atomic mass is 32.2. The van der Waals surface area contributed by atoms with Gasteiger partial charge in [-0.1, -0.05) is 70.8 Å². The molecule has 84 heavy (non-hydrogen) atoms. The highest BCUT2D eigenvalue weighted by Gasteiger charge is 2.35. The molecule has 0 unspecified atom stereocenters. The zero-order chi connectivity index (χ0) is 62.1. The molecule has 0 atom stereocenters. The normalized spacial score (nSPS) is 12.6. The number of rotatable bonds is 17. The van der Waals surface area contributed by atoms with E-state index in [-0.39, 0.29) is 31.1 Å². The Labute approximate surface area is 492 Å². The molecule has 22 heteroatoms. The molecule has 2 N–H and O–H groups in total. The summed E-state index contributed by atoms with van der Waals surface area (Å²) in [5.41, 5.74) is 5.80. The number of ether oxygens (including phenoxy) is 2. The molecule has 0 saturated carbocycles. The summed E-state index contributed by atoms with van der Waals surface area (Å²) in [6.45, 7) is 18.6. The average Bonchev–Trinajstić information content (AvgIpc) is 2.28. The summed E-state index contributed by atoms with van der Waals surface area (Å²) in [5.74, 6) is -2.17. The number of hydrogen-bond donors (Lipinski definition) is 2. The Morgan fingerprint density at radius 1 is 0.274 bits per heavy atom. The predicted octanol–water partition coefficient (Wildman–Crippen LogP) is 11.3. The molecule has 0 heterocycles. The van der Waals surface area contributed by atoms with Crippen LogP contribution in [-0.2, 0) is 59.0 Å². The number of phenolic OH excluding ortho intramolecular Hbond substituents is 2. The quantitative estimate of drug-likeness (QED) is 0.0803. The molecule has 0 saturated heterocycles. The summed E-state index contributed by atoms with van der Waals surface area (Å²) >= 11 is 0. The summed E-state index contributed by atoms with van der Waals surface area (Å²) in [7, 11) is -28.0. The molecule has 0 aliphatic rings. The Morgan fingerprint density at radius 2 is 0.476 bits per heavy atom. The minimum absolute atomic E-state index is 0.125. The van der Waals surface area contributed by atoms with Crippen molar-refractivity contribution in [1.29, 1.82) is 0 Å². The van der Waals surface area contributed by atoms with Crippen LogP contribution in [0.5, 0.6) is 23.0 Å². The van der Waals surface area contributed by atoms with Crippen molar-refractivity contribution in [1.82, 2.24) is 0 Å². The molecule has 8 rings (SSSR count). The van der Waals surface area contributed by atoms with E-state index in [0.29, 0.717) is 44.5 Å². The topological polar surface area (TPSA) is 264 Å². The first-order valence-corrected chi connectivity index (χ1v) is 34.9. The lowest BCUT2D eigenvalue weighted by atomic mass is 10.1. The van der Waals surface area contributed by atoms with E-state index in [2.05, 4.69) is 0 Å². The minimum Gasteiger partial charge on any atom is -0.507 e. The largest absolute Gasteiger partial charge is 0.507 e. The van der Waals surface area contributed by atoms with Crippen molar-refractivity contribution in [3.8, 4) is 23.0 Å². The molecule has 0 amide bonds. The Hall–Kier alpha value is -7.34. The second-order valence-electron chi connectivity index (χ2n) is 21.1. The van der Waals surface area contributed by atoms with Gasteiger partial charge in [0.05, 0.1) is 39.2 Å². The molecule has 0 spiro atoms. The van der Waals surface area contributed by atoms with Crippen molar-refractivity contribution in [3.63, 3.8) is 0 Å². The number of aromatic hydroxyl groups is 2. The SMILES string of the molecule is Cc1cc(C)c(S(=O)(=O)c2cc(S(=O)(=O)c3ccc(OCCOc4ccc(S(=O)(=O)c5ccc(O)c(S(=O)(=O)c6c(C)cc(C)cc6C)c5)cc4S(=O)(=O)c4c(C)cc(C)cc4C)c(S(=O)(=O)c4c(C)cc(C)cc4C)c3)ccc2O)c(C)c1. The van der Waals surface area contributed by atoms with Crippen LogP contribution in [0, 0.1) is 83.1 Å². The maximum absolute atomic E-state index is 14.9. The van der Waals surface area contributed by atoms with Crippen molar-refractivity contribution in [3.05, 3.63) is 188 Å².